The fourth-order valence-corrected chi connectivity index (χ4v) is 3.75. The first-order valence-corrected chi connectivity index (χ1v) is 10.9. The quantitative estimate of drug-likeness (QED) is 0.344. The maximum absolute atomic E-state index is 12.8. The Kier molecular flexibility index (Phi) is 5.43. The van der Waals surface area contributed by atoms with Crippen LogP contribution in [0.25, 0.3) is 0 Å². The Balaban J connectivity index is 1.88. The summed E-state index contributed by atoms with van der Waals surface area (Å²) in [4.78, 5) is 13.9. The summed E-state index contributed by atoms with van der Waals surface area (Å²) in [6.45, 7) is -0.380. The molecule has 14 heteroatoms. The average Bonchev–Trinajstić information content (AvgIpc) is 3.18. The van der Waals surface area contributed by atoms with Gasteiger partial charge in [-0.25, -0.2) is 14.5 Å². The highest BCUT2D eigenvalue weighted by atomic mass is 35.5. The molecular weight excluding hydrogens is 485 g/mol. The Labute approximate surface area is 183 Å². The molecule has 0 saturated carbocycles. The molecule has 2 aromatic carbocycles. The van der Waals surface area contributed by atoms with Crippen molar-refractivity contribution in [1.29, 1.82) is 0 Å². The highest BCUT2D eigenvalue weighted by molar-refractivity contribution is 8.45. The second-order valence-corrected chi connectivity index (χ2v) is 9.45. The molecule has 0 aliphatic rings. The van der Waals surface area contributed by atoms with E-state index in [1.54, 1.807) is 0 Å². The van der Waals surface area contributed by atoms with Gasteiger partial charge in [0.15, 0.2) is 0 Å². The van der Waals surface area contributed by atoms with Crippen molar-refractivity contribution in [3.05, 3.63) is 65.7 Å². The van der Waals surface area contributed by atoms with Crippen LogP contribution in [0.3, 0.4) is 0 Å². The average molecular weight is 500 g/mol. The third kappa shape index (κ3) is 5.11. The molecule has 0 aliphatic heterocycles. The molecule has 0 spiro atoms. The van der Waals surface area contributed by atoms with Crippen LogP contribution in [-0.4, -0.2) is 33.0 Å². The van der Waals surface area contributed by atoms with E-state index in [0.717, 1.165) is 19.2 Å². The zero-order chi connectivity index (χ0) is 23.8. The maximum Gasteiger partial charge on any atom is 0.344 e. The van der Waals surface area contributed by atoms with Crippen LogP contribution in [0, 0.1) is 0 Å². The van der Waals surface area contributed by atoms with Gasteiger partial charge in [0.2, 0.25) is 5.60 Å². The molecule has 3 aromatic rings. The van der Waals surface area contributed by atoms with Crippen LogP contribution in [0.2, 0.25) is 5.02 Å². The lowest BCUT2D eigenvalue weighted by Crippen LogP contribution is -2.41. The molecule has 3 rings (SSSR count). The van der Waals surface area contributed by atoms with Crippen molar-refractivity contribution in [3.8, 4) is 11.5 Å². The molecule has 174 valence electrons. The van der Waals surface area contributed by atoms with Gasteiger partial charge >= 0.3 is 16.2 Å². The molecule has 32 heavy (non-hydrogen) atoms. The van der Waals surface area contributed by atoms with Gasteiger partial charge in [0.1, 0.15) is 29.0 Å². The highest BCUT2D eigenvalue weighted by Crippen LogP contribution is 3.02. The van der Waals surface area contributed by atoms with Crippen LogP contribution < -0.4 is 4.74 Å². The first kappa shape index (κ1) is 23.8. The van der Waals surface area contributed by atoms with Crippen molar-refractivity contribution in [3.63, 3.8) is 0 Å². The zero-order valence-corrected chi connectivity index (χ0v) is 17.7. The lowest BCUT2D eigenvalue weighted by Gasteiger charge is -2.40. The third-order valence-corrected chi connectivity index (χ3v) is 5.75. The van der Waals surface area contributed by atoms with Crippen molar-refractivity contribution in [2.45, 2.75) is 17.0 Å². The number of aliphatic hydroxyl groups is 1. The van der Waals surface area contributed by atoms with E-state index in [2.05, 4.69) is 14.8 Å². The number of methoxy groups -OCH3 is 1. The van der Waals surface area contributed by atoms with Gasteiger partial charge in [0, 0.05) is 5.56 Å². The number of ether oxygens (including phenoxy) is 2. The lowest BCUT2D eigenvalue weighted by atomic mass is 9.93. The Hall–Kier alpha value is -2.90. The number of halogens is 6. The van der Waals surface area contributed by atoms with E-state index in [1.165, 1.54) is 35.5 Å². The Bertz CT molecular complexity index is 1150. The second-order valence-electron chi connectivity index (χ2n) is 6.63. The first-order chi connectivity index (χ1) is 14.6. The number of rotatable bonds is 7. The fraction of sp³-hybridized carbons (Fsp3) is 0.167. The minimum absolute atomic E-state index is 0.00631. The molecule has 7 nitrogen and oxygen atoms in total. The molecule has 0 saturated heterocycles. The molecule has 1 N–H and O–H groups in total. The van der Waals surface area contributed by atoms with Gasteiger partial charge in [0.05, 0.1) is 18.7 Å². The standard InChI is InChI=1S/C18H15ClF5N3O4S/c1-30-17(28)18(29,9-27-11-25-10-26-27)15-7-4-13(8-16(15)19)31-12-2-5-14(6-3-12)32(20,21,22,23)24/h2-8,10-11,29H,9H2,1H3. The number of carbonyl (C=O) groups is 1. The van der Waals surface area contributed by atoms with E-state index in [1.807, 2.05) is 0 Å². The lowest BCUT2D eigenvalue weighted by molar-refractivity contribution is -0.165. The summed E-state index contributed by atoms with van der Waals surface area (Å²) in [6.07, 6.45) is 2.45. The second kappa shape index (κ2) is 7.32. The van der Waals surface area contributed by atoms with E-state index in [-0.39, 0.29) is 40.8 Å². The summed E-state index contributed by atoms with van der Waals surface area (Å²) in [7, 11) is -8.73. The Morgan fingerprint density at radius 3 is 2.25 bits per heavy atom. The molecule has 0 aliphatic carbocycles. The Morgan fingerprint density at radius 1 is 1.12 bits per heavy atom. The molecule has 1 aromatic heterocycles. The summed E-state index contributed by atoms with van der Waals surface area (Å²) >= 11 is 6.21. The van der Waals surface area contributed by atoms with Gasteiger partial charge in [-0.15, -0.1) is 0 Å². The number of esters is 1. The highest BCUT2D eigenvalue weighted by Gasteiger charge is 2.65. The monoisotopic (exact) mass is 499 g/mol. The molecular formula is C18H15ClF5N3O4S. The van der Waals surface area contributed by atoms with Crippen molar-refractivity contribution in [2.24, 2.45) is 0 Å². The summed E-state index contributed by atoms with van der Waals surface area (Å²) in [5.74, 6) is -1.20. The number of hydrogen-bond acceptors (Lipinski definition) is 6. The van der Waals surface area contributed by atoms with Crippen LogP contribution in [0.5, 0.6) is 11.5 Å². The SMILES string of the molecule is COC(=O)C(O)(Cn1cncn1)c1ccc(Oc2ccc(S(F)(F)(F)(F)F)cc2)cc1Cl. The van der Waals surface area contributed by atoms with Crippen LogP contribution >= 0.6 is 21.8 Å². The zero-order valence-electron chi connectivity index (χ0n) is 16.1. The molecule has 1 unspecified atom stereocenters. The van der Waals surface area contributed by atoms with Crippen molar-refractivity contribution in [2.75, 3.05) is 7.11 Å². The first-order valence-electron chi connectivity index (χ1n) is 8.57. The van der Waals surface area contributed by atoms with E-state index >= 15 is 0 Å². The van der Waals surface area contributed by atoms with Crippen molar-refractivity contribution in [1.82, 2.24) is 14.8 Å². The number of benzene rings is 2. The van der Waals surface area contributed by atoms with E-state index in [9.17, 15) is 29.3 Å². The van der Waals surface area contributed by atoms with Gasteiger partial charge in [-0.2, -0.15) is 5.10 Å². The van der Waals surface area contributed by atoms with E-state index in [0.29, 0.717) is 0 Å². The predicted molar refractivity (Wildman–Crippen MR) is 105 cm³/mol. The number of carbonyl (C=O) groups excluding carboxylic acids is 1. The summed E-state index contributed by atoms with van der Waals surface area (Å²) in [6, 6.07) is 5.57. The van der Waals surface area contributed by atoms with Gasteiger partial charge < -0.3 is 14.6 Å². The maximum atomic E-state index is 12.8. The molecule has 1 atom stereocenters. The van der Waals surface area contributed by atoms with Crippen molar-refractivity contribution < 1.29 is 38.8 Å². The molecule has 0 amide bonds. The Morgan fingerprint density at radius 2 is 1.75 bits per heavy atom. The molecule has 0 bridgehead atoms. The normalized spacial score (nSPS) is 15.9. The van der Waals surface area contributed by atoms with E-state index in [4.69, 9.17) is 16.3 Å². The number of nitrogens with zero attached hydrogens (tertiary/aromatic N) is 3. The topological polar surface area (TPSA) is 86.5 Å². The van der Waals surface area contributed by atoms with Gasteiger partial charge in [-0.05, 0) is 36.4 Å². The number of hydrogen-bond donors (Lipinski definition) is 1. The molecule has 0 fully saturated rings. The number of aromatic nitrogens is 3. The van der Waals surface area contributed by atoms with Gasteiger partial charge in [-0.1, -0.05) is 37.1 Å². The predicted octanol–water partition coefficient (Wildman–Crippen LogP) is 5.44. The van der Waals surface area contributed by atoms with Crippen LogP contribution in [0.1, 0.15) is 5.56 Å². The molecule has 1 heterocycles. The summed E-state index contributed by atoms with van der Waals surface area (Å²) in [5.41, 5.74) is -2.31. The smallest absolute Gasteiger partial charge is 0.344 e. The van der Waals surface area contributed by atoms with Crippen LogP contribution in [-0.2, 0) is 21.7 Å². The van der Waals surface area contributed by atoms with Crippen LogP contribution in [0.15, 0.2) is 60.0 Å². The molecule has 0 radical (unpaired) electrons. The van der Waals surface area contributed by atoms with Gasteiger partial charge in [-0.3, -0.25) is 0 Å². The fourth-order valence-electron chi connectivity index (χ4n) is 2.77. The van der Waals surface area contributed by atoms with Crippen molar-refractivity contribution >= 4 is 27.8 Å². The summed E-state index contributed by atoms with van der Waals surface area (Å²) in [5, 5.41) is 14.7. The van der Waals surface area contributed by atoms with Crippen LogP contribution in [0.4, 0.5) is 19.4 Å². The minimum atomic E-state index is -9.80. The largest absolute Gasteiger partial charge is 0.467 e. The summed E-state index contributed by atoms with van der Waals surface area (Å²) < 4.78 is 75.3. The minimum Gasteiger partial charge on any atom is -0.467 e. The van der Waals surface area contributed by atoms with E-state index < -0.39 is 26.7 Å². The van der Waals surface area contributed by atoms with Gasteiger partial charge in [0.25, 0.3) is 0 Å². The third-order valence-electron chi connectivity index (χ3n) is 4.27.